The van der Waals surface area contributed by atoms with Crippen LogP contribution in [0.4, 0.5) is 10.5 Å². The number of nitrogens with zero attached hydrogens (tertiary/aromatic N) is 1. The first-order valence-corrected chi connectivity index (χ1v) is 9.84. The lowest BCUT2D eigenvalue weighted by Gasteiger charge is -2.22. The Labute approximate surface area is 174 Å². The minimum Gasteiger partial charge on any atom is -0.493 e. The number of ether oxygens (including phenoxy) is 4. The number of urea groups is 1. The normalized spacial score (nSPS) is 17.8. The van der Waals surface area contributed by atoms with Crippen molar-refractivity contribution in [2.24, 2.45) is 0 Å². The average molecular weight is 419 g/mol. The topological polar surface area (TPSA) is 69.3 Å². The van der Waals surface area contributed by atoms with Crippen LogP contribution in [-0.2, 0) is 0 Å². The summed E-state index contributed by atoms with van der Waals surface area (Å²) in [5, 5.41) is 3.33. The first-order valence-electron chi connectivity index (χ1n) is 9.46. The Morgan fingerprint density at radius 2 is 1.93 bits per heavy atom. The summed E-state index contributed by atoms with van der Waals surface area (Å²) < 4.78 is 21.8. The van der Waals surface area contributed by atoms with Gasteiger partial charge in [-0.2, -0.15) is 0 Å². The molecule has 1 N–H and O–H groups in total. The summed E-state index contributed by atoms with van der Waals surface area (Å²) in [7, 11) is 3.23. The molecule has 1 unspecified atom stereocenters. The Balaban J connectivity index is 1.43. The van der Waals surface area contributed by atoms with Gasteiger partial charge in [-0.25, -0.2) is 4.79 Å². The van der Waals surface area contributed by atoms with Crippen LogP contribution in [0.5, 0.6) is 23.0 Å². The van der Waals surface area contributed by atoms with Crippen LogP contribution in [-0.4, -0.2) is 51.5 Å². The molecule has 2 amide bonds. The monoisotopic (exact) mass is 418 g/mol. The first-order chi connectivity index (χ1) is 14.1. The lowest BCUT2D eigenvalue weighted by molar-refractivity contribution is 0.172. The minimum absolute atomic E-state index is 0.166. The molecule has 7 nitrogen and oxygen atoms in total. The molecule has 0 aromatic heterocycles. The zero-order valence-electron chi connectivity index (χ0n) is 16.4. The van der Waals surface area contributed by atoms with E-state index in [9.17, 15) is 4.79 Å². The molecule has 2 aromatic carbocycles. The molecule has 1 saturated heterocycles. The van der Waals surface area contributed by atoms with Crippen molar-refractivity contribution in [1.82, 2.24) is 4.90 Å². The summed E-state index contributed by atoms with van der Waals surface area (Å²) in [6.45, 7) is 2.21. The summed E-state index contributed by atoms with van der Waals surface area (Å²) in [4.78, 5) is 14.5. The Hall–Kier alpha value is -2.80. The Bertz CT molecular complexity index is 920. The number of nitrogens with one attached hydrogen (secondary N) is 1. The zero-order valence-corrected chi connectivity index (χ0v) is 17.1. The first kappa shape index (κ1) is 19.5. The van der Waals surface area contributed by atoms with Gasteiger partial charge in [0.25, 0.3) is 0 Å². The van der Waals surface area contributed by atoms with Crippen LogP contribution in [0.2, 0.25) is 5.02 Å². The van der Waals surface area contributed by atoms with E-state index in [2.05, 4.69) is 5.32 Å². The predicted molar refractivity (Wildman–Crippen MR) is 110 cm³/mol. The maximum Gasteiger partial charge on any atom is 0.321 e. The van der Waals surface area contributed by atoms with Gasteiger partial charge in [0.05, 0.1) is 19.2 Å². The second-order valence-electron chi connectivity index (χ2n) is 6.96. The van der Waals surface area contributed by atoms with E-state index in [1.165, 1.54) is 0 Å². The standard InChI is InChI=1S/C21H23ClN2O5/c1-26-17-4-3-13(9-18(17)27-2)14-5-6-24(12-14)21(25)23-15-10-16(22)20-19(11-15)28-7-8-29-20/h3-4,9-11,14H,5-8,12H2,1-2H3,(H,23,25). The van der Waals surface area contributed by atoms with Crippen LogP contribution in [0.3, 0.4) is 0 Å². The molecule has 8 heteroatoms. The number of hydrogen-bond donors (Lipinski definition) is 1. The number of rotatable bonds is 4. The molecule has 1 fully saturated rings. The number of amides is 2. The predicted octanol–water partition coefficient (Wildman–Crippen LogP) is 4.15. The van der Waals surface area contributed by atoms with Crippen molar-refractivity contribution >= 4 is 23.3 Å². The van der Waals surface area contributed by atoms with Gasteiger partial charge in [0.15, 0.2) is 23.0 Å². The van der Waals surface area contributed by atoms with Crippen LogP contribution in [0.25, 0.3) is 0 Å². The number of fused-ring (bicyclic) bond motifs is 1. The van der Waals surface area contributed by atoms with Gasteiger partial charge in [0.1, 0.15) is 13.2 Å². The van der Waals surface area contributed by atoms with Crippen molar-refractivity contribution in [3.63, 3.8) is 0 Å². The highest BCUT2D eigenvalue weighted by atomic mass is 35.5. The average Bonchev–Trinajstić information content (AvgIpc) is 3.24. The smallest absolute Gasteiger partial charge is 0.321 e. The van der Waals surface area contributed by atoms with E-state index < -0.39 is 0 Å². The van der Waals surface area contributed by atoms with Crippen LogP contribution in [0, 0.1) is 0 Å². The SMILES string of the molecule is COc1ccc(C2CCN(C(=O)Nc3cc(Cl)c4c(c3)OCCO4)C2)cc1OC. The van der Waals surface area contributed by atoms with Gasteiger partial charge in [0, 0.05) is 30.8 Å². The third-order valence-corrected chi connectivity index (χ3v) is 5.48. The molecule has 1 atom stereocenters. The highest BCUT2D eigenvalue weighted by Crippen LogP contribution is 2.40. The van der Waals surface area contributed by atoms with Crippen molar-refractivity contribution in [3.8, 4) is 23.0 Å². The van der Waals surface area contributed by atoms with Crippen LogP contribution in [0.1, 0.15) is 17.9 Å². The van der Waals surface area contributed by atoms with Gasteiger partial charge in [0.2, 0.25) is 0 Å². The number of likely N-dealkylation sites (tertiary alicyclic amines) is 1. The van der Waals surface area contributed by atoms with Gasteiger partial charge in [-0.1, -0.05) is 17.7 Å². The second kappa shape index (κ2) is 8.29. The number of anilines is 1. The number of carbonyl (C=O) groups excluding carboxylic acids is 1. The summed E-state index contributed by atoms with van der Waals surface area (Å²) in [6.07, 6.45) is 0.880. The number of methoxy groups -OCH3 is 2. The fourth-order valence-electron chi connectivity index (χ4n) is 3.71. The molecule has 0 saturated carbocycles. The van der Waals surface area contributed by atoms with Crippen molar-refractivity contribution in [1.29, 1.82) is 0 Å². The zero-order chi connectivity index (χ0) is 20.4. The molecule has 0 radical (unpaired) electrons. The quantitative estimate of drug-likeness (QED) is 0.807. The van der Waals surface area contributed by atoms with Gasteiger partial charge >= 0.3 is 6.03 Å². The number of halogens is 1. The summed E-state index contributed by atoms with van der Waals surface area (Å²) >= 11 is 6.25. The number of benzene rings is 2. The maximum absolute atomic E-state index is 12.7. The van der Waals surface area contributed by atoms with E-state index >= 15 is 0 Å². The van der Waals surface area contributed by atoms with E-state index in [1.807, 2.05) is 18.2 Å². The minimum atomic E-state index is -0.166. The molecular weight excluding hydrogens is 396 g/mol. The Kier molecular flexibility index (Phi) is 5.58. The van der Waals surface area contributed by atoms with Crippen molar-refractivity contribution in [3.05, 3.63) is 40.9 Å². The van der Waals surface area contributed by atoms with Crippen molar-refractivity contribution in [2.75, 3.05) is 45.8 Å². The molecule has 2 aromatic rings. The Morgan fingerprint density at radius 1 is 1.14 bits per heavy atom. The number of hydrogen-bond acceptors (Lipinski definition) is 5. The molecule has 0 aliphatic carbocycles. The van der Waals surface area contributed by atoms with Gasteiger partial charge in [-0.05, 0) is 30.2 Å². The van der Waals surface area contributed by atoms with Crippen LogP contribution >= 0.6 is 11.6 Å². The highest BCUT2D eigenvalue weighted by Gasteiger charge is 2.28. The lowest BCUT2D eigenvalue weighted by atomic mass is 9.98. The third kappa shape index (κ3) is 4.00. The van der Waals surface area contributed by atoms with E-state index in [1.54, 1.807) is 31.3 Å². The molecule has 2 aliphatic heterocycles. The van der Waals surface area contributed by atoms with E-state index in [0.29, 0.717) is 60.0 Å². The fraction of sp³-hybridized carbons (Fsp3) is 0.381. The summed E-state index contributed by atoms with van der Waals surface area (Å²) in [5.41, 5.74) is 1.71. The molecule has 2 heterocycles. The van der Waals surface area contributed by atoms with Crippen molar-refractivity contribution in [2.45, 2.75) is 12.3 Å². The third-order valence-electron chi connectivity index (χ3n) is 5.20. The van der Waals surface area contributed by atoms with Gasteiger partial charge < -0.3 is 29.2 Å². The molecule has 0 bridgehead atoms. The fourth-order valence-corrected chi connectivity index (χ4v) is 3.97. The van der Waals surface area contributed by atoms with E-state index in [0.717, 1.165) is 12.0 Å². The van der Waals surface area contributed by atoms with Crippen LogP contribution < -0.4 is 24.3 Å². The van der Waals surface area contributed by atoms with Gasteiger partial charge in [-0.15, -0.1) is 0 Å². The highest BCUT2D eigenvalue weighted by molar-refractivity contribution is 6.32. The number of carbonyl (C=O) groups is 1. The largest absolute Gasteiger partial charge is 0.493 e. The molecule has 154 valence electrons. The molecule has 0 spiro atoms. The molecule has 2 aliphatic rings. The van der Waals surface area contributed by atoms with E-state index in [-0.39, 0.29) is 11.9 Å². The maximum atomic E-state index is 12.7. The summed E-state index contributed by atoms with van der Waals surface area (Å²) in [6, 6.07) is 9.14. The Morgan fingerprint density at radius 3 is 2.72 bits per heavy atom. The summed E-state index contributed by atoms with van der Waals surface area (Å²) in [5.74, 6) is 2.69. The lowest BCUT2D eigenvalue weighted by Crippen LogP contribution is -2.32. The second-order valence-corrected chi connectivity index (χ2v) is 7.37. The molecule has 4 rings (SSSR count). The van der Waals surface area contributed by atoms with Crippen molar-refractivity contribution < 1.29 is 23.7 Å². The molecular formula is C21H23ClN2O5. The van der Waals surface area contributed by atoms with E-state index in [4.69, 9.17) is 30.5 Å². The van der Waals surface area contributed by atoms with Gasteiger partial charge in [-0.3, -0.25) is 0 Å². The molecule has 29 heavy (non-hydrogen) atoms. The van der Waals surface area contributed by atoms with Crippen LogP contribution in [0.15, 0.2) is 30.3 Å².